The molecule has 0 aromatic heterocycles. The number of ether oxygens (including phenoxy) is 1. The Kier molecular flexibility index (Phi) is 7.54. The van der Waals surface area contributed by atoms with Crippen molar-refractivity contribution in [3.63, 3.8) is 0 Å². The lowest BCUT2D eigenvalue weighted by molar-refractivity contribution is 0.105. The van der Waals surface area contributed by atoms with Gasteiger partial charge in [0.1, 0.15) is 5.84 Å². The number of hydrogen-bond donors (Lipinski definition) is 2. The van der Waals surface area contributed by atoms with Crippen molar-refractivity contribution in [1.29, 1.82) is 5.41 Å². The summed E-state index contributed by atoms with van der Waals surface area (Å²) in [6.07, 6.45) is 0. The number of nitrogens with one attached hydrogen (secondary N) is 1. The van der Waals surface area contributed by atoms with E-state index in [9.17, 15) is 0 Å². The maximum absolute atomic E-state index is 7.26. The highest BCUT2D eigenvalue weighted by atomic mass is 35.5. The van der Waals surface area contributed by atoms with E-state index in [-0.39, 0.29) is 18.2 Å². The molecule has 0 bridgehead atoms. The van der Waals surface area contributed by atoms with Crippen molar-refractivity contribution < 1.29 is 4.74 Å². The largest absolute Gasteiger partial charge is 0.384 e. The van der Waals surface area contributed by atoms with Gasteiger partial charge in [-0.15, -0.1) is 12.4 Å². The summed E-state index contributed by atoms with van der Waals surface area (Å²) in [4.78, 5) is 2.08. The van der Waals surface area contributed by atoms with E-state index in [0.717, 1.165) is 24.3 Å². The Morgan fingerprint density at radius 3 is 2.35 bits per heavy atom. The van der Waals surface area contributed by atoms with Crippen LogP contribution in [0, 0.1) is 5.41 Å². The molecule has 0 spiro atoms. The van der Waals surface area contributed by atoms with Crippen molar-refractivity contribution in [2.75, 3.05) is 27.2 Å². The number of nitrogen functional groups attached to an aromatic ring is 1. The predicted molar refractivity (Wildman–Crippen MR) is 72.9 cm³/mol. The monoisotopic (exact) mass is 257 g/mol. The first-order valence-corrected chi connectivity index (χ1v) is 5.25. The second kappa shape index (κ2) is 8.06. The minimum atomic E-state index is 0. The van der Waals surface area contributed by atoms with Gasteiger partial charge >= 0.3 is 0 Å². The second-order valence-electron chi connectivity index (χ2n) is 3.97. The lowest BCUT2D eigenvalue weighted by atomic mass is 10.1. The third-order valence-corrected chi connectivity index (χ3v) is 2.22. The number of halogens is 1. The minimum absolute atomic E-state index is 0. The van der Waals surface area contributed by atoms with Crippen LogP contribution in [0.5, 0.6) is 0 Å². The van der Waals surface area contributed by atoms with Crippen molar-refractivity contribution in [2.24, 2.45) is 5.73 Å². The van der Waals surface area contributed by atoms with Gasteiger partial charge in [-0.2, -0.15) is 0 Å². The van der Waals surface area contributed by atoms with E-state index < -0.39 is 0 Å². The summed E-state index contributed by atoms with van der Waals surface area (Å²) >= 11 is 0. The molecule has 1 rings (SSSR count). The van der Waals surface area contributed by atoms with Gasteiger partial charge < -0.3 is 15.4 Å². The molecule has 0 saturated carbocycles. The van der Waals surface area contributed by atoms with E-state index in [1.807, 2.05) is 38.4 Å². The van der Waals surface area contributed by atoms with Gasteiger partial charge in [0, 0.05) is 12.1 Å². The van der Waals surface area contributed by atoms with Crippen LogP contribution in [-0.4, -0.2) is 38.0 Å². The van der Waals surface area contributed by atoms with Crippen molar-refractivity contribution in [3.05, 3.63) is 35.4 Å². The van der Waals surface area contributed by atoms with Gasteiger partial charge in [-0.3, -0.25) is 5.41 Å². The zero-order chi connectivity index (χ0) is 12.0. The van der Waals surface area contributed by atoms with E-state index in [0.29, 0.717) is 6.61 Å². The molecule has 1 aromatic rings. The summed E-state index contributed by atoms with van der Waals surface area (Å²) in [6, 6.07) is 7.55. The fourth-order valence-corrected chi connectivity index (χ4v) is 1.22. The van der Waals surface area contributed by atoms with Gasteiger partial charge in [0.05, 0.1) is 13.2 Å². The highest BCUT2D eigenvalue weighted by Gasteiger charge is 1.97. The van der Waals surface area contributed by atoms with Crippen LogP contribution in [0.4, 0.5) is 0 Å². The second-order valence-corrected chi connectivity index (χ2v) is 3.97. The Hall–Kier alpha value is -1.10. The number of rotatable bonds is 6. The number of nitrogens with two attached hydrogens (primary N) is 1. The first-order valence-electron chi connectivity index (χ1n) is 5.25. The molecule has 0 fully saturated rings. The summed E-state index contributed by atoms with van der Waals surface area (Å²) in [5.41, 5.74) is 7.21. The summed E-state index contributed by atoms with van der Waals surface area (Å²) in [6.45, 7) is 2.25. The van der Waals surface area contributed by atoms with E-state index in [1.54, 1.807) is 0 Å². The molecule has 0 aliphatic rings. The van der Waals surface area contributed by atoms with Crippen molar-refractivity contribution in [3.8, 4) is 0 Å². The van der Waals surface area contributed by atoms with Crippen molar-refractivity contribution >= 4 is 18.2 Å². The first-order chi connectivity index (χ1) is 7.59. The van der Waals surface area contributed by atoms with Crippen molar-refractivity contribution in [2.45, 2.75) is 6.61 Å². The first kappa shape index (κ1) is 15.9. The fourth-order valence-electron chi connectivity index (χ4n) is 1.22. The topological polar surface area (TPSA) is 62.3 Å². The number of amidine groups is 1. The molecule has 0 radical (unpaired) electrons. The van der Waals surface area contributed by atoms with Crippen LogP contribution in [-0.2, 0) is 11.3 Å². The molecule has 0 aliphatic heterocycles. The molecule has 5 heteroatoms. The van der Waals surface area contributed by atoms with E-state index in [4.69, 9.17) is 15.9 Å². The Balaban J connectivity index is 0.00000256. The van der Waals surface area contributed by atoms with Crippen LogP contribution in [0.2, 0.25) is 0 Å². The van der Waals surface area contributed by atoms with Crippen molar-refractivity contribution in [1.82, 2.24) is 4.90 Å². The maximum Gasteiger partial charge on any atom is 0.122 e. The quantitative estimate of drug-likeness (QED) is 0.461. The zero-order valence-electron chi connectivity index (χ0n) is 10.3. The minimum Gasteiger partial charge on any atom is -0.384 e. The molecule has 0 atom stereocenters. The standard InChI is InChI=1S/C12H19N3O.ClH/c1-15(2)7-8-16-9-10-3-5-11(6-4-10)12(13)14;/h3-6H,7-9H2,1-2H3,(H3,13,14);1H. The zero-order valence-corrected chi connectivity index (χ0v) is 11.1. The van der Waals surface area contributed by atoms with Gasteiger partial charge in [0.15, 0.2) is 0 Å². The highest BCUT2D eigenvalue weighted by Crippen LogP contribution is 2.05. The van der Waals surface area contributed by atoms with E-state index in [1.165, 1.54) is 0 Å². The number of hydrogen-bond acceptors (Lipinski definition) is 3. The third-order valence-electron chi connectivity index (χ3n) is 2.22. The highest BCUT2D eigenvalue weighted by molar-refractivity contribution is 5.94. The lowest BCUT2D eigenvalue weighted by Gasteiger charge is -2.10. The Morgan fingerprint density at radius 2 is 1.88 bits per heavy atom. The van der Waals surface area contributed by atoms with Crippen LogP contribution < -0.4 is 5.73 Å². The van der Waals surface area contributed by atoms with Gasteiger partial charge in [-0.1, -0.05) is 24.3 Å². The smallest absolute Gasteiger partial charge is 0.122 e. The SMILES string of the molecule is CN(C)CCOCc1ccc(C(=N)N)cc1.Cl. The maximum atomic E-state index is 7.26. The molecule has 1 aromatic carbocycles. The summed E-state index contributed by atoms with van der Waals surface area (Å²) in [5, 5.41) is 7.26. The van der Waals surface area contributed by atoms with Crippen LogP contribution in [0.3, 0.4) is 0 Å². The molecule has 0 unspecified atom stereocenters. The summed E-state index contributed by atoms with van der Waals surface area (Å²) in [7, 11) is 4.04. The predicted octanol–water partition coefficient (Wildman–Crippen LogP) is 1.47. The lowest BCUT2D eigenvalue weighted by Crippen LogP contribution is -2.17. The van der Waals surface area contributed by atoms with Crippen LogP contribution in [0.25, 0.3) is 0 Å². The molecule has 3 N–H and O–H groups in total. The average Bonchev–Trinajstić information content (AvgIpc) is 2.25. The van der Waals surface area contributed by atoms with Crippen LogP contribution in [0.15, 0.2) is 24.3 Å². The van der Waals surface area contributed by atoms with Gasteiger partial charge in [0.2, 0.25) is 0 Å². The van der Waals surface area contributed by atoms with Crippen LogP contribution in [0.1, 0.15) is 11.1 Å². The van der Waals surface area contributed by atoms with E-state index in [2.05, 4.69) is 4.90 Å². The molecule has 0 saturated heterocycles. The number of likely N-dealkylation sites (N-methyl/N-ethyl adjacent to an activating group) is 1. The number of benzene rings is 1. The van der Waals surface area contributed by atoms with Gasteiger partial charge in [-0.25, -0.2) is 0 Å². The molecular weight excluding hydrogens is 238 g/mol. The average molecular weight is 258 g/mol. The third kappa shape index (κ3) is 6.26. The van der Waals surface area contributed by atoms with Gasteiger partial charge in [0.25, 0.3) is 0 Å². The molecule has 17 heavy (non-hydrogen) atoms. The molecular formula is C12H20ClN3O. The Bertz CT molecular complexity index is 338. The van der Waals surface area contributed by atoms with E-state index >= 15 is 0 Å². The molecule has 0 amide bonds. The number of nitrogens with zero attached hydrogens (tertiary/aromatic N) is 1. The molecule has 4 nitrogen and oxygen atoms in total. The molecule has 0 aliphatic carbocycles. The van der Waals surface area contributed by atoms with Crippen LogP contribution >= 0.6 is 12.4 Å². The molecule has 0 heterocycles. The fraction of sp³-hybridized carbons (Fsp3) is 0.417. The summed E-state index contributed by atoms with van der Waals surface area (Å²) < 4.78 is 5.50. The normalized spacial score (nSPS) is 10.1. The molecule has 96 valence electrons. The summed E-state index contributed by atoms with van der Waals surface area (Å²) in [5.74, 6) is 0.0973. The Labute approximate surface area is 109 Å². The Morgan fingerprint density at radius 1 is 1.29 bits per heavy atom. The van der Waals surface area contributed by atoms with Gasteiger partial charge in [-0.05, 0) is 19.7 Å².